The van der Waals surface area contributed by atoms with Crippen LogP contribution in [0, 0.1) is 6.92 Å². The summed E-state index contributed by atoms with van der Waals surface area (Å²) in [6, 6.07) is 9.85. The van der Waals surface area contributed by atoms with Gasteiger partial charge in [-0.15, -0.1) is 0 Å². The van der Waals surface area contributed by atoms with Crippen molar-refractivity contribution in [2.75, 3.05) is 13.6 Å². The van der Waals surface area contributed by atoms with Crippen molar-refractivity contribution in [3.8, 4) is 11.3 Å². The van der Waals surface area contributed by atoms with Crippen molar-refractivity contribution in [3.63, 3.8) is 0 Å². The first-order valence-electron chi connectivity index (χ1n) is 14.0. The zero-order valence-corrected chi connectivity index (χ0v) is 23.7. The van der Waals surface area contributed by atoms with Gasteiger partial charge in [-0.1, -0.05) is 81.7 Å². The Labute approximate surface area is 228 Å². The first-order valence-corrected chi connectivity index (χ1v) is 15.1. The maximum atomic E-state index is 13.0. The molecule has 3 aromatic rings. The van der Waals surface area contributed by atoms with Crippen LogP contribution in [0.1, 0.15) is 104 Å². The van der Waals surface area contributed by atoms with Gasteiger partial charge in [-0.25, -0.2) is 9.29 Å². The monoisotopic (exact) mass is 538 g/mol. The van der Waals surface area contributed by atoms with Gasteiger partial charge >= 0.3 is 0 Å². The lowest BCUT2D eigenvalue weighted by molar-refractivity contribution is 0.0964. The summed E-state index contributed by atoms with van der Waals surface area (Å²) in [5.41, 5.74) is 4.49. The van der Waals surface area contributed by atoms with Gasteiger partial charge in [-0.05, 0) is 43.7 Å². The molecule has 1 amide bonds. The second-order valence-corrected chi connectivity index (χ2v) is 11.4. The molecule has 0 saturated heterocycles. The smallest absolute Gasteiger partial charge is 0.255 e. The molecule has 1 aromatic carbocycles. The molecule has 1 N–H and O–H groups in total. The Hall–Kier alpha value is -2.55. The van der Waals surface area contributed by atoms with E-state index >= 15 is 0 Å². The molecule has 206 valence electrons. The zero-order valence-electron chi connectivity index (χ0n) is 22.9. The lowest BCUT2D eigenvalue weighted by atomic mass is 10.0. The van der Waals surface area contributed by atoms with Crippen molar-refractivity contribution < 1.29 is 18.0 Å². The molecule has 0 bridgehead atoms. The van der Waals surface area contributed by atoms with E-state index in [1.54, 1.807) is 7.05 Å². The van der Waals surface area contributed by atoms with Crippen LogP contribution in [0.25, 0.3) is 22.4 Å². The van der Waals surface area contributed by atoms with Crippen molar-refractivity contribution >= 4 is 28.3 Å². The van der Waals surface area contributed by atoms with Crippen LogP contribution in [0.2, 0.25) is 0 Å². The summed E-state index contributed by atoms with van der Waals surface area (Å²) in [4.78, 5) is 17.8. The van der Waals surface area contributed by atoms with Crippen molar-refractivity contribution in [1.29, 1.82) is 0 Å². The van der Waals surface area contributed by atoms with Gasteiger partial charge in [0.2, 0.25) is 5.71 Å². The number of hydrogen-bond donors (Lipinski definition) is 1. The molecule has 2 aromatic heterocycles. The quantitative estimate of drug-likeness (QED) is 0.170. The van der Waals surface area contributed by atoms with E-state index in [2.05, 4.69) is 12.2 Å². The van der Waals surface area contributed by atoms with E-state index in [0.717, 1.165) is 54.5 Å². The molecule has 7 nitrogen and oxygen atoms in total. The van der Waals surface area contributed by atoms with Gasteiger partial charge in [0.05, 0.1) is 23.2 Å². The number of carbonyl (C=O) groups is 1. The third-order valence-corrected chi connectivity index (χ3v) is 8.11. The van der Waals surface area contributed by atoms with E-state index in [0.29, 0.717) is 34.9 Å². The van der Waals surface area contributed by atoms with Gasteiger partial charge in [0, 0.05) is 30.4 Å². The Morgan fingerprint density at radius 2 is 1.76 bits per heavy atom. The highest BCUT2D eigenvalue weighted by atomic mass is 32.2. The molecule has 1 saturated carbocycles. The summed E-state index contributed by atoms with van der Waals surface area (Å²) in [5.74, 6) is 0.587. The van der Waals surface area contributed by atoms with Gasteiger partial charge in [0.1, 0.15) is 5.76 Å². The van der Waals surface area contributed by atoms with Crippen LogP contribution in [0.4, 0.5) is 0 Å². The van der Waals surface area contributed by atoms with Crippen LogP contribution in [0.5, 0.6) is 0 Å². The molecule has 8 heteroatoms. The molecule has 1 atom stereocenters. The summed E-state index contributed by atoms with van der Waals surface area (Å²) < 4.78 is 31.9. The fourth-order valence-corrected chi connectivity index (χ4v) is 5.51. The van der Waals surface area contributed by atoms with Crippen LogP contribution in [0.15, 0.2) is 34.7 Å². The minimum atomic E-state index is -2.34. The van der Waals surface area contributed by atoms with E-state index in [1.807, 2.05) is 37.3 Å². The molecule has 0 spiro atoms. The molecule has 2 heterocycles. The van der Waals surface area contributed by atoms with E-state index in [4.69, 9.17) is 9.40 Å². The number of hydrogen-bond acceptors (Lipinski definition) is 5. The zero-order chi connectivity index (χ0) is 27.1. The number of furan rings is 1. The topological polar surface area (TPSA) is 98.5 Å². The number of aromatic nitrogens is 1. The number of carbonyl (C=O) groups excluding carboxylic acids is 1. The highest BCUT2D eigenvalue weighted by Crippen LogP contribution is 2.44. The van der Waals surface area contributed by atoms with Gasteiger partial charge in [-0.3, -0.25) is 9.00 Å². The summed E-state index contributed by atoms with van der Waals surface area (Å²) in [5, 5.41) is 3.41. The fourth-order valence-electron chi connectivity index (χ4n) is 5.00. The predicted molar refractivity (Wildman–Crippen MR) is 151 cm³/mol. The molecule has 1 fully saturated rings. The van der Waals surface area contributed by atoms with E-state index in [1.165, 1.54) is 36.4 Å². The minimum absolute atomic E-state index is 0.213. The molecule has 0 aliphatic heterocycles. The number of nitrogens with one attached hydrogen (secondary N) is 1. The highest BCUT2D eigenvalue weighted by molar-refractivity contribution is 7.76. The van der Waals surface area contributed by atoms with E-state index in [-0.39, 0.29) is 12.5 Å². The lowest BCUT2D eigenvalue weighted by Crippen LogP contribution is -2.27. The number of rotatable bonds is 15. The Morgan fingerprint density at radius 1 is 1.11 bits per heavy atom. The SMILES string of the molecule is CCCCCCCCCCN(Cc1nc2oc(-c3ccc(C)cc3)c(C(=O)NC)c2cc1C1CC1)S(=O)[O-]. The number of fused-ring (bicyclic) bond motifs is 1. The van der Waals surface area contributed by atoms with Gasteiger partial charge in [0.15, 0.2) is 0 Å². The largest absolute Gasteiger partial charge is 0.760 e. The number of nitrogens with zero attached hydrogens (tertiary/aromatic N) is 2. The lowest BCUT2D eigenvalue weighted by Gasteiger charge is -2.24. The summed E-state index contributed by atoms with van der Waals surface area (Å²) >= 11 is -2.34. The first-order chi connectivity index (χ1) is 18.4. The van der Waals surface area contributed by atoms with Gasteiger partial charge in [-0.2, -0.15) is 0 Å². The average molecular weight is 539 g/mol. The predicted octanol–water partition coefficient (Wildman–Crippen LogP) is 6.78. The second-order valence-electron chi connectivity index (χ2n) is 10.5. The van der Waals surface area contributed by atoms with Crippen molar-refractivity contribution in [3.05, 3.63) is 52.7 Å². The van der Waals surface area contributed by atoms with Crippen molar-refractivity contribution in [1.82, 2.24) is 14.6 Å². The van der Waals surface area contributed by atoms with Crippen LogP contribution in [-0.2, 0) is 17.8 Å². The van der Waals surface area contributed by atoms with Crippen LogP contribution >= 0.6 is 0 Å². The Morgan fingerprint density at radius 3 is 2.37 bits per heavy atom. The number of aryl methyl sites for hydroxylation is 1. The summed E-state index contributed by atoms with van der Waals surface area (Å²) in [7, 11) is 1.61. The number of benzene rings is 1. The Bertz CT molecular complexity index is 1250. The van der Waals surface area contributed by atoms with Crippen LogP contribution < -0.4 is 5.32 Å². The first kappa shape index (κ1) is 28.5. The minimum Gasteiger partial charge on any atom is -0.760 e. The molecular formula is C30H40N3O4S-. The molecule has 0 radical (unpaired) electrons. The average Bonchev–Trinajstić information content (AvgIpc) is 3.69. The number of unbranched alkanes of at least 4 members (excludes halogenated alkanes) is 7. The van der Waals surface area contributed by atoms with Crippen molar-refractivity contribution in [2.24, 2.45) is 0 Å². The fraction of sp³-hybridized carbons (Fsp3) is 0.533. The third-order valence-electron chi connectivity index (χ3n) is 7.38. The number of amides is 1. The Balaban J connectivity index is 1.57. The van der Waals surface area contributed by atoms with Crippen LogP contribution in [0.3, 0.4) is 0 Å². The normalized spacial score (nSPS) is 14.3. The highest BCUT2D eigenvalue weighted by Gasteiger charge is 2.31. The Kier molecular flexibility index (Phi) is 10.1. The van der Waals surface area contributed by atoms with Gasteiger partial charge < -0.3 is 14.3 Å². The van der Waals surface area contributed by atoms with Crippen molar-refractivity contribution in [2.45, 2.75) is 90.5 Å². The van der Waals surface area contributed by atoms with Crippen LogP contribution in [-0.4, -0.2) is 37.6 Å². The summed E-state index contributed by atoms with van der Waals surface area (Å²) in [6.07, 6.45) is 11.3. The van der Waals surface area contributed by atoms with E-state index < -0.39 is 11.3 Å². The maximum absolute atomic E-state index is 13.0. The van der Waals surface area contributed by atoms with E-state index in [9.17, 15) is 13.6 Å². The maximum Gasteiger partial charge on any atom is 0.255 e. The standard InChI is InChI=1S/C30H41N3O4S/c1-4-5-6-7-8-9-10-11-18-33(38(35)36)20-26-24(22-16-17-22)19-25-27(29(34)31-3)28(37-30(25)32-26)23-14-12-21(2)13-15-23/h12-15,19,22H,4-11,16-18,20H2,1-3H3,(H,31,34)(H,35,36)/p-1. The molecule has 38 heavy (non-hydrogen) atoms. The third kappa shape index (κ3) is 7.10. The molecular weight excluding hydrogens is 498 g/mol. The van der Waals surface area contributed by atoms with Gasteiger partial charge in [0.25, 0.3) is 5.91 Å². The number of pyridine rings is 1. The molecule has 1 unspecified atom stereocenters. The molecule has 1 aliphatic rings. The molecule has 1 aliphatic carbocycles. The summed E-state index contributed by atoms with van der Waals surface area (Å²) in [6.45, 7) is 4.92. The molecule has 4 rings (SSSR count). The second kappa shape index (κ2) is 13.5.